The Balaban J connectivity index is 1.54. The van der Waals surface area contributed by atoms with Crippen LogP contribution in [0.2, 0.25) is 0 Å². The molecule has 1 aliphatic rings. The maximum atomic E-state index is 12.2. The highest BCUT2D eigenvalue weighted by atomic mass is 16.5. The Morgan fingerprint density at radius 3 is 2.88 bits per heavy atom. The topological polar surface area (TPSA) is 126 Å². The van der Waals surface area contributed by atoms with E-state index < -0.39 is 17.9 Å². The quantitative estimate of drug-likeness (QED) is 0.711. The molecular formula is C16H17N5O4. The van der Waals surface area contributed by atoms with E-state index in [0.717, 1.165) is 0 Å². The molecule has 130 valence electrons. The fourth-order valence-corrected chi connectivity index (χ4v) is 2.46. The molecule has 0 bridgehead atoms. The molecule has 9 heteroatoms. The first kappa shape index (κ1) is 16.6. The monoisotopic (exact) mass is 343 g/mol. The molecule has 0 aliphatic carbocycles. The summed E-state index contributed by atoms with van der Waals surface area (Å²) >= 11 is 0. The molecule has 1 aliphatic heterocycles. The van der Waals surface area contributed by atoms with Gasteiger partial charge in [-0.3, -0.25) is 14.4 Å². The van der Waals surface area contributed by atoms with Crippen LogP contribution in [0.4, 0.5) is 5.69 Å². The van der Waals surface area contributed by atoms with E-state index in [0.29, 0.717) is 35.9 Å². The van der Waals surface area contributed by atoms with Gasteiger partial charge in [-0.1, -0.05) is 17.3 Å². The molecule has 3 amide bonds. The number of rotatable bonds is 5. The molecule has 9 nitrogen and oxygen atoms in total. The number of aromatic nitrogens is 2. The summed E-state index contributed by atoms with van der Waals surface area (Å²) in [6, 6.07) is 5.74. The molecule has 0 fully saturated rings. The van der Waals surface area contributed by atoms with Crippen LogP contribution in [0.1, 0.15) is 28.5 Å². The molecule has 1 aromatic heterocycles. The van der Waals surface area contributed by atoms with Gasteiger partial charge >= 0.3 is 0 Å². The van der Waals surface area contributed by atoms with E-state index in [1.54, 1.807) is 31.2 Å². The van der Waals surface area contributed by atoms with Crippen molar-refractivity contribution < 1.29 is 18.9 Å². The Morgan fingerprint density at radius 1 is 1.32 bits per heavy atom. The van der Waals surface area contributed by atoms with Crippen molar-refractivity contribution in [3.63, 3.8) is 0 Å². The number of benzene rings is 1. The van der Waals surface area contributed by atoms with Crippen LogP contribution in [0.5, 0.6) is 0 Å². The van der Waals surface area contributed by atoms with E-state index in [9.17, 15) is 14.4 Å². The van der Waals surface area contributed by atoms with Crippen molar-refractivity contribution in [1.29, 1.82) is 0 Å². The summed E-state index contributed by atoms with van der Waals surface area (Å²) in [6.07, 6.45) is 0.232. The Bertz CT molecular complexity index is 816. The van der Waals surface area contributed by atoms with Gasteiger partial charge in [0.05, 0.1) is 17.7 Å². The van der Waals surface area contributed by atoms with Crippen LogP contribution in [-0.4, -0.2) is 40.4 Å². The first-order valence-corrected chi connectivity index (χ1v) is 7.79. The van der Waals surface area contributed by atoms with Crippen LogP contribution in [0.3, 0.4) is 0 Å². The number of anilines is 1. The fourth-order valence-electron chi connectivity index (χ4n) is 2.46. The third-order valence-electron chi connectivity index (χ3n) is 3.67. The van der Waals surface area contributed by atoms with Gasteiger partial charge in [-0.25, -0.2) is 0 Å². The van der Waals surface area contributed by atoms with Gasteiger partial charge in [-0.2, -0.15) is 4.98 Å². The van der Waals surface area contributed by atoms with Crippen molar-refractivity contribution >= 4 is 23.4 Å². The summed E-state index contributed by atoms with van der Waals surface area (Å²) in [5.41, 5.74) is 0.796. The lowest BCUT2D eigenvalue weighted by Crippen LogP contribution is -2.44. The van der Waals surface area contributed by atoms with Crippen molar-refractivity contribution in [2.24, 2.45) is 0 Å². The second-order valence-electron chi connectivity index (χ2n) is 5.60. The highest BCUT2D eigenvalue weighted by Crippen LogP contribution is 2.18. The molecule has 3 N–H and O–H groups in total. The van der Waals surface area contributed by atoms with E-state index in [2.05, 4.69) is 26.1 Å². The molecule has 1 atom stereocenters. The summed E-state index contributed by atoms with van der Waals surface area (Å²) in [5.74, 6) is -0.232. The van der Waals surface area contributed by atoms with Crippen molar-refractivity contribution in [3.8, 4) is 0 Å². The van der Waals surface area contributed by atoms with Gasteiger partial charge < -0.3 is 20.5 Å². The SMILES string of the molecule is Cc1noc(CCNC(=O)CC2NC(=O)c3ccccc3NC2=O)n1. The number of para-hydroxylation sites is 1. The zero-order chi connectivity index (χ0) is 17.8. The minimum atomic E-state index is -0.939. The number of amides is 3. The number of carbonyl (C=O) groups is 3. The lowest BCUT2D eigenvalue weighted by atomic mass is 10.1. The fraction of sp³-hybridized carbons (Fsp3) is 0.312. The van der Waals surface area contributed by atoms with Crippen molar-refractivity contribution in [2.75, 3.05) is 11.9 Å². The maximum Gasteiger partial charge on any atom is 0.254 e. The minimum Gasteiger partial charge on any atom is -0.356 e. The predicted molar refractivity (Wildman–Crippen MR) is 86.7 cm³/mol. The summed E-state index contributed by atoms with van der Waals surface area (Å²) in [7, 11) is 0. The Morgan fingerprint density at radius 2 is 2.12 bits per heavy atom. The largest absolute Gasteiger partial charge is 0.356 e. The number of nitrogens with zero attached hydrogens (tertiary/aromatic N) is 2. The van der Waals surface area contributed by atoms with Gasteiger partial charge in [-0.15, -0.1) is 0 Å². The van der Waals surface area contributed by atoms with Crippen LogP contribution in [-0.2, 0) is 16.0 Å². The summed E-state index contributed by atoms with van der Waals surface area (Å²) in [5, 5.41) is 11.6. The first-order chi connectivity index (χ1) is 12.0. The zero-order valence-corrected chi connectivity index (χ0v) is 13.5. The van der Waals surface area contributed by atoms with E-state index >= 15 is 0 Å². The van der Waals surface area contributed by atoms with Crippen LogP contribution < -0.4 is 16.0 Å². The number of carbonyl (C=O) groups excluding carboxylic acids is 3. The molecule has 0 spiro atoms. The Labute approximate surface area is 143 Å². The highest BCUT2D eigenvalue weighted by Gasteiger charge is 2.29. The Hall–Kier alpha value is -3.23. The molecule has 1 aromatic carbocycles. The molecule has 3 rings (SSSR count). The lowest BCUT2D eigenvalue weighted by Gasteiger charge is -2.14. The second kappa shape index (κ2) is 7.12. The van der Waals surface area contributed by atoms with Crippen LogP contribution >= 0.6 is 0 Å². The van der Waals surface area contributed by atoms with E-state index in [4.69, 9.17) is 4.52 Å². The second-order valence-corrected chi connectivity index (χ2v) is 5.60. The zero-order valence-electron chi connectivity index (χ0n) is 13.5. The number of hydrogen-bond acceptors (Lipinski definition) is 6. The summed E-state index contributed by atoms with van der Waals surface area (Å²) < 4.78 is 4.95. The highest BCUT2D eigenvalue weighted by molar-refractivity contribution is 6.10. The molecular weight excluding hydrogens is 326 g/mol. The van der Waals surface area contributed by atoms with Gasteiger partial charge in [0.15, 0.2) is 5.82 Å². The number of fused-ring (bicyclic) bond motifs is 1. The number of nitrogens with one attached hydrogen (secondary N) is 3. The van der Waals surface area contributed by atoms with E-state index in [-0.39, 0.29) is 12.3 Å². The molecule has 2 heterocycles. The third-order valence-corrected chi connectivity index (χ3v) is 3.67. The number of hydrogen-bond donors (Lipinski definition) is 3. The molecule has 0 saturated heterocycles. The van der Waals surface area contributed by atoms with Gasteiger partial charge in [0.1, 0.15) is 6.04 Å². The predicted octanol–water partition coefficient (Wildman–Crippen LogP) is 0.178. The van der Waals surface area contributed by atoms with Crippen LogP contribution in [0, 0.1) is 6.92 Å². The van der Waals surface area contributed by atoms with Crippen molar-refractivity contribution in [2.45, 2.75) is 25.8 Å². The normalized spacial score (nSPS) is 16.4. The van der Waals surface area contributed by atoms with Gasteiger partial charge in [0.25, 0.3) is 5.91 Å². The third kappa shape index (κ3) is 4.00. The summed E-state index contributed by atoms with van der Waals surface area (Å²) in [6.45, 7) is 2.00. The molecule has 2 aromatic rings. The summed E-state index contributed by atoms with van der Waals surface area (Å²) in [4.78, 5) is 40.5. The average Bonchev–Trinajstić information content (AvgIpc) is 2.95. The number of aryl methyl sites for hydroxylation is 1. The molecule has 25 heavy (non-hydrogen) atoms. The van der Waals surface area contributed by atoms with Gasteiger partial charge in [0, 0.05) is 13.0 Å². The molecule has 0 saturated carbocycles. The van der Waals surface area contributed by atoms with Crippen molar-refractivity contribution in [3.05, 3.63) is 41.5 Å². The first-order valence-electron chi connectivity index (χ1n) is 7.79. The lowest BCUT2D eigenvalue weighted by molar-refractivity contribution is -0.125. The van der Waals surface area contributed by atoms with E-state index in [1.807, 2.05) is 0 Å². The maximum absolute atomic E-state index is 12.2. The molecule has 1 unspecified atom stereocenters. The van der Waals surface area contributed by atoms with Crippen LogP contribution in [0.15, 0.2) is 28.8 Å². The smallest absolute Gasteiger partial charge is 0.254 e. The molecule has 0 radical (unpaired) electrons. The van der Waals surface area contributed by atoms with Crippen LogP contribution in [0.25, 0.3) is 0 Å². The van der Waals surface area contributed by atoms with Gasteiger partial charge in [0.2, 0.25) is 17.7 Å². The standard InChI is InChI=1S/C16H17N5O4/c1-9-18-14(25-21-9)6-7-17-13(22)8-12-16(24)19-11-5-3-2-4-10(11)15(23)20-12/h2-5,12H,6-8H2,1H3,(H,17,22)(H,19,24)(H,20,23). The Kier molecular flexibility index (Phi) is 4.73. The van der Waals surface area contributed by atoms with Gasteiger partial charge in [-0.05, 0) is 19.1 Å². The average molecular weight is 343 g/mol. The minimum absolute atomic E-state index is 0.158. The van der Waals surface area contributed by atoms with Crippen molar-refractivity contribution in [1.82, 2.24) is 20.8 Å². The van der Waals surface area contributed by atoms with E-state index in [1.165, 1.54) is 0 Å².